The minimum absolute atomic E-state index is 0. The predicted molar refractivity (Wildman–Crippen MR) is 129 cm³/mol. The number of phenolic OH excluding ortho intramolecular Hbond substituents is 1. The van der Waals surface area contributed by atoms with E-state index in [9.17, 15) is 5.11 Å². The molecule has 1 aliphatic heterocycles. The fourth-order valence-electron chi connectivity index (χ4n) is 3.43. The first kappa shape index (κ1) is 25.8. The van der Waals surface area contributed by atoms with Crippen LogP contribution in [0, 0.1) is 5.92 Å². The second-order valence-electron chi connectivity index (χ2n) is 7.48. The van der Waals surface area contributed by atoms with Gasteiger partial charge in [-0.25, -0.2) is 4.99 Å². The summed E-state index contributed by atoms with van der Waals surface area (Å²) in [5, 5.41) is 17.0. The van der Waals surface area contributed by atoms with E-state index in [0.29, 0.717) is 24.3 Å². The molecular weight excluding hydrogens is 483 g/mol. The number of hydrogen-bond acceptors (Lipinski definition) is 5. The lowest BCUT2D eigenvalue weighted by molar-refractivity contribution is 0.0132. The lowest BCUT2D eigenvalue weighted by atomic mass is 10.0. The Morgan fingerprint density at radius 1 is 1.28 bits per heavy atom. The van der Waals surface area contributed by atoms with Gasteiger partial charge in [-0.05, 0) is 25.3 Å². The van der Waals surface area contributed by atoms with E-state index in [1.807, 2.05) is 19.1 Å². The zero-order valence-electron chi connectivity index (χ0n) is 18.1. The second-order valence-corrected chi connectivity index (χ2v) is 7.48. The van der Waals surface area contributed by atoms with Crippen LogP contribution >= 0.6 is 24.0 Å². The standard InChI is InChI=1S/C21H36N4O3.HI/c1-5-22-21(23-14-17-7-6-8-19(27-4)20(17)26)24-15-18(13-16(2)3)25-9-11-28-12-10-25;/h6-8,16,18,26H,5,9-15H2,1-4H3,(H2,22,23,24);1H. The Morgan fingerprint density at radius 3 is 2.62 bits per heavy atom. The Kier molecular flexibility index (Phi) is 12.3. The molecule has 1 saturated heterocycles. The number of nitrogens with one attached hydrogen (secondary N) is 2. The number of methoxy groups -OCH3 is 1. The van der Waals surface area contributed by atoms with Gasteiger partial charge in [0.1, 0.15) is 0 Å². The third kappa shape index (κ3) is 8.55. The zero-order chi connectivity index (χ0) is 20.4. The number of para-hydroxylation sites is 1. The maximum absolute atomic E-state index is 10.3. The highest BCUT2D eigenvalue weighted by atomic mass is 127. The summed E-state index contributed by atoms with van der Waals surface area (Å²) in [5.41, 5.74) is 0.739. The Labute approximate surface area is 192 Å². The van der Waals surface area contributed by atoms with Gasteiger partial charge in [0.2, 0.25) is 0 Å². The van der Waals surface area contributed by atoms with Crippen LogP contribution in [0.4, 0.5) is 0 Å². The highest BCUT2D eigenvalue weighted by Crippen LogP contribution is 2.29. The molecule has 2 rings (SSSR count). The van der Waals surface area contributed by atoms with Crippen molar-refractivity contribution in [3.8, 4) is 11.5 Å². The molecule has 0 bridgehead atoms. The molecule has 3 N–H and O–H groups in total. The number of ether oxygens (including phenoxy) is 2. The predicted octanol–water partition coefficient (Wildman–Crippen LogP) is 2.82. The van der Waals surface area contributed by atoms with Crippen LogP contribution in [0.25, 0.3) is 0 Å². The number of morpholine rings is 1. The number of nitrogens with zero attached hydrogens (tertiary/aromatic N) is 2. The van der Waals surface area contributed by atoms with E-state index in [0.717, 1.165) is 57.3 Å². The maximum Gasteiger partial charge on any atom is 0.191 e. The molecule has 0 aliphatic carbocycles. The molecule has 1 fully saturated rings. The molecule has 1 aliphatic rings. The van der Waals surface area contributed by atoms with Crippen molar-refractivity contribution in [1.82, 2.24) is 15.5 Å². The van der Waals surface area contributed by atoms with Crippen molar-refractivity contribution in [2.75, 3.05) is 46.5 Å². The third-order valence-corrected chi connectivity index (χ3v) is 4.86. The molecule has 166 valence electrons. The molecule has 1 atom stereocenters. The summed E-state index contributed by atoms with van der Waals surface area (Å²) in [4.78, 5) is 7.16. The molecule has 0 saturated carbocycles. The van der Waals surface area contributed by atoms with Gasteiger partial charge in [-0.15, -0.1) is 24.0 Å². The van der Waals surface area contributed by atoms with Crippen molar-refractivity contribution in [3.05, 3.63) is 23.8 Å². The van der Waals surface area contributed by atoms with Crippen molar-refractivity contribution < 1.29 is 14.6 Å². The number of guanidine groups is 1. The first-order valence-electron chi connectivity index (χ1n) is 10.2. The highest BCUT2D eigenvalue weighted by Gasteiger charge is 2.22. The molecule has 0 radical (unpaired) electrons. The van der Waals surface area contributed by atoms with Crippen molar-refractivity contribution in [2.24, 2.45) is 10.9 Å². The first-order chi connectivity index (χ1) is 13.5. The van der Waals surface area contributed by atoms with E-state index in [4.69, 9.17) is 9.47 Å². The molecule has 0 aromatic heterocycles. The minimum Gasteiger partial charge on any atom is -0.504 e. The van der Waals surface area contributed by atoms with Crippen molar-refractivity contribution in [1.29, 1.82) is 0 Å². The normalized spacial score (nSPS) is 16.2. The molecule has 29 heavy (non-hydrogen) atoms. The van der Waals surface area contributed by atoms with Gasteiger partial charge in [-0.2, -0.15) is 0 Å². The van der Waals surface area contributed by atoms with Gasteiger partial charge in [0.25, 0.3) is 0 Å². The summed E-state index contributed by atoms with van der Waals surface area (Å²) in [6.45, 7) is 12.1. The molecule has 7 nitrogen and oxygen atoms in total. The number of halogens is 1. The van der Waals surface area contributed by atoms with Gasteiger partial charge in [-0.3, -0.25) is 4.90 Å². The minimum atomic E-state index is 0. The molecule has 1 aromatic carbocycles. The fraction of sp³-hybridized carbons (Fsp3) is 0.667. The monoisotopic (exact) mass is 520 g/mol. The quantitative estimate of drug-likeness (QED) is 0.264. The summed E-state index contributed by atoms with van der Waals surface area (Å²) in [6.07, 6.45) is 1.13. The zero-order valence-corrected chi connectivity index (χ0v) is 20.4. The van der Waals surface area contributed by atoms with Gasteiger partial charge in [0.15, 0.2) is 17.5 Å². The topological polar surface area (TPSA) is 78.4 Å². The molecule has 1 unspecified atom stereocenters. The first-order valence-corrected chi connectivity index (χ1v) is 10.2. The van der Waals surface area contributed by atoms with Crippen molar-refractivity contribution in [2.45, 2.75) is 39.8 Å². The van der Waals surface area contributed by atoms with E-state index in [1.54, 1.807) is 13.2 Å². The van der Waals surface area contributed by atoms with Crippen LogP contribution in [-0.2, 0) is 11.3 Å². The van der Waals surface area contributed by atoms with E-state index < -0.39 is 0 Å². The van der Waals surface area contributed by atoms with E-state index in [1.165, 1.54) is 0 Å². The Hall–Kier alpha value is -1.26. The lowest BCUT2D eigenvalue weighted by Gasteiger charge is -2.35. The van der Waals surface area contributed by atoms with Gasteiger partial charge in [0.05, 0.1) is 26.9 Å². The van der Waals surface area contributed by atoms with Crippen LogP contribution in [0.5, 0.6) is 11.5 Å². The van der Waals surface area contributed by atoms with E-state index in [-0.39, 0.29) is 29.7 Å². The highest BCUT2D eigenvalue weighted by molar-refractivity contribution is 14.0. The summed E-state index contributed by atoms with van der Waals surface area (Å²) >= 11 is 0. The van der Waals surface area contributed by atoms with E-state index >= 15 is 0 Å². The Bertz CT molecular complexity index is 622. The molecule has 1 heterocycles. The summed E-state index contributed by atoms with van der Waals surface area (Å²) < 4.78 is 10.7. The van der Waals surface area contributed by atoms with Crippen LogP contribution in [0.3, 0.4) is 0 Å². The number of phenols is 1. The lowest BCUT2D eigenvalue weighted by Crippen LogP contribution is -2.51. The SMILES string of the molecule is CCNC(=NCc1cccc(OC)c1O)NCC(CC(C)C)N1CCOCC1.I. The van der Waals surface area contributed by atoms with Crippen LogP contribution in [0.2, 0.25) is 0 Å². The van der Waals surface area contributed by atoms with Gasteiger partial charge in [0, 0.05) is 37.8 Å². The average molecular weight is 520 g/mol. The summed E-state index contributed by atoms with van der Waals surface area (Å²) in [6, 6.07) is 5.91. The number of benzene rings is 1. The third-order valence-electron chi connectivity index (χ3n) is 4.86. The fourth-order valence-corrected chi connectivity index (χ4v) is 3.43. The Balaban J connectivity index is 0.00000420. The number of aliphatic imine (C=N–C) groups is 1. The average Bonchev–Trinajstić information content (AvgIpc) is 2.70. The molecule has 8 heteroatoms. The van der Waals surface area contributed by atoms with Crippen LogP contribution < -0.4 is 15.4 Å². The Morgan fingerprint density at radius 2 is 2.00 bits per heavy atom. The summed E-state index contributed by atoms with van der Waals surface area (Å²) in [5.74, 6) is 2.00. The van der Waals surface area contributed by atoms with Crippen molar-refractivity contribution >= 4 is 29.9 Å². The number of aromatic hydroxyl groups is 1. The molecular formula is C21H37IN4O3. The molecule has 0 amide bonds. The molecule has 1 aromatic rings. The van der Waals surface area contributed by atoms with Gasteiger partial charge >= 0.3 is 0 Å². The van der Waals surface area contributed by atoms with Gasteiger partial charge in [-0.1, -0.05) is 26.0 Å². The number of rotatable bonds is 9. The summed E-state index contributed by atoms with van der Waals surface area (Å²) in [7, 11) is 1.55. The largest absolute Gasteiger partial charge is 0.504 e. The van der Waals surface area contributed by atoms with Crippen LogP contribution in [0.1, 0.15) is 32.8 Å². The van der Waals surface area contributed by atoms with E-state index in [2.05, 4.69) is 34.4 Å². The number of hydrogen-bond donors (Lipinski definition) is 3. The molecule has 0 spiro atoms. The van der Waals surface area contributed by atoms with Gasteiger partial charge < -0.3 is 25.2 Å². The van der Waals surface area contributed by atoms with Crippen LogP contribution in [0.15, 0.2) is 23.2 Å². The van der Waals surface area contributed by atoms with Crippen molar-refractivity contribution in [3.63, 3.8) is 0 Å². The second kappa shape index (κ2) is 13.9. The van der Waals surface area contributed by atoms with Crippen LogP contribution in [-0.4, -0.2) is 68.5 Å². The smallest absolute Gasteiger partial charge is 0.191 e. The maximum atomic E-state index is 10.3.